The van der Waals surface area contributed by atoms with Crippen molar-refractivity contribution in [3.8, 4) is 0 Å². The molecule has 0 fully saturated rings. The number of nitrogens with two attached hydrogens (primary N) is 1. The molecule has 1 rings (SSSR count). The molecule has 0 bridgehead atoms. The minimum atomic E-state index is 0.590. The van der Waals surface area contributed by atoms with Crippen LogP contribution in [-0.2, 0) is 6.42 Å². The Labute approximate surface area is 65.8 Å². The number of aryl methyl sites for hydroxylation is 1. The molecular weight excluding hydrogens is 140 g/mol. The second-order valence-corrected chi connectivity index (χ2v) is 1.94. The Balaban J connectivity index is 0.000000461. The number of nitrogens with one attached hydrogen (secondary N) is 2. The summed E-state index contributed by atoms with van der Waals surface area (Å²) in [6.45, 7) is 2.09. The largest absolute Gasteiger partial charge is 0.384 e. The van der Waals surface area contributed by atoms with Crippen molar-refractivity contribution in [2.75, 3.05) is 5.73 Å². The lowest BCUT2D eigenvalue weighted by atomic mass is 10.2. The fraction of sp³-hybridized carbons (Fsp3) is 0.286. The Morgan fingerprint density at radius 2 is 2.09 bits per heavy atom. The molecule has 0 spiro atoms. The van der Waals surface area contributed by atoms with Crippen LogP contribution in [0, 0.1) is 11.1 Å². The van der Waals surface area contributed by atoms with E-state index in [1.165, 1.54) is 5.56 Å². The Morgan fingerprint density at radius 3 is 2.45 bits per heavy atom. The maximum atomic E-state index is 5.37. The highest BCUT2D eigenvalue weighted by atomic mass is 14.8. The molecule has 0 radical (unpaired) electrons. The lowest BCUT2D eigenvalue weighted by molar-refractivity contribution is 1.05. The average molecular weight is 152 g/mol. The molecule has 0 amide bonds. The van der Waals surface area contributed by atoms with Gasteiger partial charge in [0.15, 0.2) is 0 Å². The second kappa shape index (κ2) is 5.34. The molecule has 0 saturated carbocycles. The normalized spacial score (nSPS) is 8.09. The van der Waals surface area contributed by atoms with Crippen molar-refractivity contribution >= 4 is 5.82 Å². The van der Waals surface area contributed by atoms with Crippen LogP contribution in [0.2, 0.25) is 0 Å². The van der Waals surface area contributed by atoms with Crippen molar-refractivity contribution in [2.45, 2.75) is 13.3 Å². The highest BCUT2D eigenvalue weighted by molar-refractivity contribution is 5.29. The van der Waals surface area contributed by atoms with E-state index in [1.807, 2.05) is 12.1 Å². The molecule has 1 heterocycles. The summed E-state index contributed by atoms with van der Waals surface area (Å²) < 4.78 is 0. The van der Waals surface area contributed by atoms with Crippen molar-refractivity contribution in [1.82, 2.24) is 4.98 Å². The first-order valence-corrected chi connectivity index (χ1v) is 3.28. The molecule has 0 aromatic carbocycles. The van der Waals surface area contributed by atoms with Crippen LogP contribution in [0.3, 0.4) is 0 Å². The van der Waals surface area contributed by atoms with Gasteiger partial charge >= 0.3 is 0 Å². The maximum absolute atomic E-state index is 5.37. The summed E-state index contributed by atoms with van der Waals surface area (Å²) in [5, 5.41) is 0. The molecule has 0 atom stereocenters. The fourth-order valence-electron chi connectivity index (χ4n) is 0.645. The molecule has 4 heteroatoms. The second-order valence-electron chi connectivity index (χ2n) is 1.94. The summed E-state index contributed by atoms with van der Waals surface area (Å²) >= 11 is 0. The van der Waals surface area contributed by atoms with Gasteiger partial charge in [-0.15, -0.1) is 0 Å². The molecule has 0 aliphatic heterocycles. The fourth-order valence-corrected chi connectivity index (χ4v) is 0.645. The Bertz CT molecular complexity index is 194. The number of hydrogen-bond acceptors (Lipinski definition) is 4. The topological polar surface area (TPSA) is 86.6 Å². The van der Waals surface area contributed by atoms with E-state index >= 15 is 0 Å². The van der Waals surface area contributed by atoms with Gasteiger partial charge in [0.25, 0.3) is 0 Å². The first-order valence-electron chi connectivity index (χ1n) is 3.28. The lowest BCUT2D eigenvalue weighted by Gasteiger charge is -1.93. The van der Waals surface area contributed by atoms with E-state index in [0.29, 0.717) is 5.82 Å². The Hall–Kier alpha value is -1.45. The molecule has 11 heavy (non-hydrogen) atoms. The molecule has 0 aliphatic carbocycles. The minimum absolute atomic E-state index is 0.590. The molecular formula is C7H12N4. The average Bonchev–Trinajstić information content (AvgIpc) is 2.10. The highest BCUT2D eigenvalue weighted by Gasteiger charge is 1.86. The van der Waals surface area contributed by atoms with Crippen molar-refractivity contribution < 1.29 is 0 Å². The third-order valence-electron chi connectivity index (χ3n) is 1.26. The molecule has 0 aliphatic rings. The molecule has 4 N–H and O–H groups in total. The van der Waals surface area contributed by atoms with Crippen LogP contribution in [0.15, 0.2) is 18.3 Å². The molecule has 4 nitrogen and oxygen atoms in total. The van der Waals surface area contributed by atoms with Gasteiger partial charge in [-0.2, -0.15) is 0 Å². The van der Waals surface area contributed by atoms with E-state index in [9.17, 15) is 0 Å². The van der Waals surface area contributed by atoms with Gasteiger partial charge in [-0.05, 0) is 18.1 Å². The van der Waals surface area contributed by atoms with E-state index in [4.69, 9.17) is 16.8 Å². The predicted octanol–water partition coefficient (Wildman–Crippen LogP) is 1.82. The number of nitrogen functional groups attached to an aromatic ring is 1. The van der Waals surface area contributed by atoms with Gasteiger partial charge in [-0.25, -0.2) is 16.0 Å². The molecule has 0 unspecified atom stereocenters. The van der Waals surface area contributed by atoms with Crippen LogP contribution < -0.4 is 5.73 Å². The monoisotopic (exact) mass is 152 g/mol. The summed E-state index contributed by atoms with van der Waals surface area (Å²) in [5.41, 5.74) is 16.6. The lowest BCUT2D eigenvalue weighted by Crippen LogP contribution is -1.89. The van der Waals surface area contributed by atoms with Crippen LogP contribution in [0.4, 0.5) is 5.82 Å². The van der Waals surface area contributed by atoms with E-state index < -0.39 is 0 Å². The third-order valence-corrected chi connectivity index (χ3v) is 1.26. The molecule has 1 aromatic heterocycles. The van der Waals surface area contributed by atoms with Crippen molar-refractivity contribution in [1.29, 1.82) is 11.1 Å². The summed E-state index contributed by atoms with van der Waals surface area (Å²) in [6.07, 6.45) is 2.82. The van der Waals surface area contributed by atoms with E-state index in [2.05, 4.69) is 11.9 Å². The van der Waals surface area contributed by atoms with Gasteiger partial charge in [0.05, 0.1) is 0 Å². The first kappa shape index (κ1) is 9.55. The quantitative estimate of drug-likeness (QED) is 0.536. The Morgan fingerprint density at radius 1 is 1.45 bits per heavy atom. The van der Waals surface area contributed by atoms with Gasteiger partial charge in [-0.3, -0.25) is 0 Å². The van der Waals surface area contributed by atoms with Crippen LogP contribution in [-0.4, -0.2) is 4.98 Å². The third kappa shape index (κ3) is 3.30. The number of pyridine rings is 1. The maximum Gasteiger partial charge on any atom is 0.123 e. The standard InChI is InChI=1S/C7H10N2.H2N2/c1-2-6-3-4-7(8)9-5-6;1-2/h3-5H,2H2,1H3,(H2,8,9);1-2H. The van der Waals surface area contributed by atoms with Crippen molar-refractivity contribution in [3.63, 3.8) is 0 Å². The highest BCUT2D eigenvalue weighted by Crippen LogP contribution is 2.00. The Kier molecular flexibility index (Phi) is 4.64. The van der Waals surface area contributed by atoms with Crippen LogP contribution >= 0.6 is 0 Å². The van der Waals surface area contributed by atoms with Crippen molar-refractivity contribution in [3.05, 3.63) is 23.9 Å². The van der Waals surface area contributed by atoms with Gasteiger partial charge in [0.2, 0.25) is 0 Å². The number of nitrogens with zero attached hydrogens (tertiary/aromatic N) is 1. The van der Waals surface area contributed by atoms with Crippen LogP contribution in [0.5, 0.6) is 0 Å². The van der Waals surface area contributed by atoms with Gasteiger partial charge in [0, 0.05) is 6.20 Å². The molecule has 0 saturated heterocycles. The van der Waals surface area contributed by atoms with Gasteiger partial charge < -0.3 is 5.73 Å². The number of anilines is 1. The minimum Gasteiger partial charge on any atom is -0.384 e. The summed E-state index contributed by atoms with van der Waals surface area (Å²) in [6, 6.07) is 3.81. The summed E-state index contributed by atoms with van der Waals surface area (Å²) in [4.78, 5) is 3.93. The zero-order valence-electron chi connectivity index (χ0n) is 6.46. The van der Waals surface area contributed by atoms with Crippen molar-refractivity contribution in [2.24, 2.45) is 0 Å². The number of aromatic nitrogens is 1. The first-order chi connectivity index (χ1) is 5.33. The smallest absolute Gasteiger partial charge is 0.123 e. The van der Waals surface area contributed by atoms with E-state index in [-0.39, 0.29) is 0 Å². The summed E-state index contributed by atoms with van der Waals surface area (Å²) in [7, 11) is 0. The summed E-state index contributed by atoms with van der Waals surface area (Å²) in [5.74, 6) is 0.590. The van der Waals surface area contributed by atoms with Crippen LogP contribution in [0.1, 0.15) is 12.5 Å². The van der Waals surface area contributed by atoms with E-state index in [1.54, 1.807) is 6.20 Å². The van der Waals surface area contributed by atoms with Gasteiger partial charge in [0.1, 0.15) is 5.82 Å². The zero-order valence-corrected chi connectivity index (χ0v) is 6.46. The van der Waals surface area contributed by atoms with E-state index in [0.717, 1.165) is 6.42 Å². The molecule has 1 aromatic rings. The number of rotatable bonds is 1. The zero-order chi connectivity index (χ0) is 8.69. The predicted molar refractivity (Wildman–Crippen MR) is 43.5 cm³/mol. The number of hydrogen-bond donors (Lipinski definition) is 3. The van der Waals surface area contributed by atoms with Gasteiger partial charge in [-0.1, -0.05) is 13.0 Å². The SMILES string of the molecule is CCc1ccc(N)nc1.N=N. The van der Waals surface area contributed by atoms with Crippen LogP contribution in [0.25, 0.3) is 0 Å². The molecule has 60 valence electrons.